The number of para-hydroxylation sites is 1. The van der Waals surface area contributed by atoms with Gasteiger partial charge in [-0.3, -0.25) is 19.7 Å². The van der Waals surface area contributed by atoms with Gasteiger partial charge in [-0.2, -0.15) is 0 Å². The van der Waals surface area contributed by atoms with Crippen LogP contribution in [0.25, 0.3) is 0 Å². The second-order valence-electron chi connectivity index (χ2n) is 15.0. The summed E-state index contributed by atoms with van der Waals surface area (Å²) in [5.41, 5.74) is 13.6. The molecular weight excluding hydrogens is 919 g/mol. The molecule has 0 bridgehead atoms. The van der Waals surface area contributed by atoms with Crippen LogP contribution >= 0.6 is 31.9 Å². The molecule has 8 rings (SSSR count). The number of halogens is 2. The smallest absolute Gasteiger partial charge is 0.861 e. The molecule has 0 amide bonds. The van der Waals surface area contributed by atoms with E-state index in [0.29, 0.717) is 29.9 Å². The van der Waals surface area contributed by atoms with Crippen molar-refractivity contribution in [2.24, 2.45) is 15.7 Å². The molecule has 1 saturated heterocycles. The molecule has 306 valence electrons. The molecule has 0 spiro atoms. The number of nitrogens with zero attached hydrogens (tertiary/aromatic N) is 3. The number of aliphatic carboxylic acids is 2. The summed E-state index contributed by atoms with van der Waals surface area (Å²) < 4.78 is 1.88. The molecule has 0 radical (unpaired) electrons. The summed E-state index contributed by atoms with van der Waals surface area (Å²) in [7, 11) is 0. The molecular formula is C47H44Br2N4NiO5. The van der Waals surface area contributed by atoms with Gasteiger partial charge in [0.05, 0.1) is 23.4 Å². The number of carbonyl (C=O) groups is 2. The van der Waals surface area contributed by atoms with Gasteiger partial charge in [0.1, 0.15) is 6.04 Å². The second kappa shape index (κ2) is 20.2. The van der Waals surface area contributed by atoms with Crippen LogP contribution < -0.4 is 15.9 Å². The number of carboxylic acids is 2. The summed E-state index contributed by atoms with van der Waals surface area (Å²) in [6.45, 7) is 1.53. The van der Waals surface area contributed by atoms with E-state index in [2.05, 4.69) is 53.9 Å². The number of aliphatic imine (C=N–C) groups is 2. The molecule has 1 fully saturated rings. The molecule has 2 aliphatic carbocycles. The first-order chi connectivity index (χ1) is 28.1. The predicted octanol–water partition coefficient (Wildman–Crippen LogP) is 7.08. The molecule has 0 aromatic heterocycles. The standard InChI is InChI=1S/C36H34BrN3O3.C11H12BrNO2.Ni/c37-27-19-17-25-18-20-28(30(25)22-27)34(36(42)43)39-33(26-12-5-2-6-13-26)29-14-7-8-15-31(29)38-35(41)32-16-9-21-40(32)23-24-10-3-1-4-11-24;12-7-3-1-6-2-4-8(9(6)5-7)10(13)11(14)15;/h1-8,10-15,17,19,22,28,32,34H,9,16,18,20-21,23H2,(H,38,41)(H,42,43);1,3,5,8,10H,2,4,13H2,(H,14,15);/q;;+2/p-2/t28-,32+,34+;8-,10?;/m10./s1. The SMILES string of the molecule is NC(C(=O)O)[C@H]1CCc2ccc(Br)cc21.O=C([O-])[C@@H](N=C(c1ccccc1)c1ccccc1N=C([O-])[C@@H]1CCCN1Cc1ccccc1)[C@@H]1CCc2ccc(Br)cc21.[Ni+2]. The summed E-state index contributed by atoms with van der Waals surface area (Å²) >= 11 is 6.93. The molecule has 0 saturated carbocycles. The van der Waals surface area contributed by atoms with E-state index in [0.717, 1.165) is 75.4 Å². The van der Waals surface area contributed by atoms with E-state index in [1.165, 1.54) is 5.56 Å². The van der Waals surface area contributed by atoms with Gasteiger partial charge in [-0.25, -0.2) is 0 Å². The van der Waals surface area contributed by atoms with Crippen LogP contribution in [-0.4, -0.2) is 58.2 Å². The van der Waals surface area contributed by atoms with Crippen LogP contribution in [0.3, 0.4) is 0 Å². The maximum atomic E-state index is 13.7. The number of likely N-dealkylation sites (tertiary alicyclic amines) is 1. The third-order valence-corrected chi connectivity index (χ3v) is 12.4. The Balaban J connectivity index is 0.000000308. The first-order valence-electron chi connectivity index (χ1n) is 19.6. The third kappa shape index (κ3) is 10.5. The fourth-order valence-corrected chi connectivity index (χ4v) is 9.26. The molecule has 1 aliphatic heterocycles. The van der Waals surface area contributed by atoms with E-state index >= 15 is 0 Å². The number of carbonyl (C=O) groups excluding carboxylic acids is 1. The van der Waals surface area contributed by atoms with Crippen LogP contribution in [0.1, 0.15) is 76.5 Å². The fourth-order valence-electron chi connectivity index (χ4n) is 8.50. The van der Waals surface area contributed by atoms with Crippen molar-refractivity contribution in [3.05, 3.63) is 169 Å². The van der Waals surface area contributed by atoms with Crippen molar-refractivity contribution in [2.45, 2.75) is 75.0 Å². The minimum Gasteiger partial charge on any atom is -0.861 e. The van der Waals surface area contributed by atoms with Crippen molar-refractivity contribution in [1.29, 1.82) is 0 Å². The maximum absolute atomic E-state index is 13.7. The van der Waals surface area contributed by atoms with Gasteiger partial charge in [-0.05, 0) is 109 Å². The number of nitrogens with two attached hydrogens (primary N) is 1. The molecule has 3 aliphatic rings. The Morgan fingerprint density at radius 1 is 0.780 bits per heavy atom. The van der Waals surface area contributed by atoms with Crippen molar-refractivity contribution < 1.29 is 41.4 Å². The normalized spacial score (nSPS) is 19.7. The Labute approximate surface area is 371 Å². The predicted molar refractivity (Wildman–Crippen MR) is 230 cm³/mol. The van der Waals surface area contributed by atoms with Gasteiger partial charge in [0.15, 0.2) is 0 Å². The van der Waals surface area contributed by atoms with Crippen molar-refractivity contribution in [2.75, 3.05) is 6.54 Å². The van der Waals surface area contributed by atoms with Crippen LogP contribution in [0.15, 0.2) is 140 Å². The third-order valence-electron chi connectivity index (χ3n) is 11.4. The number of fused-ring (bicyclic) bond motifs is 2. The zero-order valence-electron chi connectivity index (χ0n) is 32.2. The van der Waals surface area contributed by atoms with Crippen LogP contribution in [0.4, 0.5) is 5.69 Å². The Kier molecular flexibility index (Phi) is 15.1. The molecule has 5 atom stereocenters. The van der Waals surface area contributed by atoms with Crippen LogP contribution in [-0.2, 0) is 45.5 Å². The number of benzene rings is 5. The van der Waals surface area contributed by atoms with Gasteiger partial charge in [-0.1, -0.05) is 123 Å². The number of hydrogen-bond donors (Lipinski definition) is 2. The molecule has 3 N–H and O–H groups in total. The zero-order valence-corrected chi connectivity index (χ0v) is 36.3. The summed E-state index contributed by atoms with van der Waals surface area (Å²) in [6.07, 6.45) is 4.89. The first kappa shape index (κ1) is 44.1. The topological polar surface area (TPSA) is 154 Å². The van der Waals surface area contributed by atoms with Gasteiger partial charge in [0.25, 0.3) is 0 Å². The maximum Gasteiger partial charge on any atom is 2.00 e. The fraction of sp³-hybridized carbons (Fsp3) is 0.277. The molecule has 5 aromatic rings. The second-order valence-corrected chi connectivity index (χ2v) is 16.9. The summed E-state index contributed by atoms with van der Waals surface area (Å²) in [6, 6.07) is 36.8. The van der Waals surface area contributed by atoms with Crippen molar-refractivity contribution >= 4 is 61.1 Å². The van der Waals surface area contributed by atoms with Gasteiger partial charge >= 0.3 is 22.5 Å². The van der Waals surface area contributed by atoms with Crippen LogP contribution in [0.5, 0.6) is 0 Å². The average Bonchev–Trinajstić information content (AvgIpc) is 3.98. The van der Waals surface area contributed by atoms with Crippen molar-refractivity contribution in [1.82, 2.24) is 4.90 Å². The zero-order chi connectivity index (χ0) is 40.8. The van der Waals surface area contributed by atoms with E-state index < -0.39 is 24.0 Å². The monoisotopic (exact) mass is 960 g/mol. The van der Waals surface area contributed by atoms with Crippen molar-refractivity contribution in [3.63, 3.8) is 0 Å². The first-order valence-corrected chi connectivity index (χ1v) is 21.2. The Morgan fingerprint density at radius 2 is 1.36 bits per heavy atom. The molecule has 59 heavy (non-hydrogen) atoms. The quantitative estimate of drug-likeness (QED) is 0.0816. The molecule has 5 aromatic carbocycles. The molecule has 1 heterocycles. The summed E-state index contributed by atoms with van der Waals surface area (Å²) in [4.78, 5) is 35.3. The van der Waals surface area contributed by atoms with E-state index in [1.807, 2.05) is 103 Å². The van der Waals surface area contributed by atoms with Crippen LogP contribution in [0.2, 0.25) is 0 Å². The number of carboxylic acid groups (broad SMARTS) is 2. The molecule has 9 nitrogen and oxygen atoms in total. The Bertz CT molecular complexity index is 2330. The summed E-state index contributed by atoms with van der Waals surface area (Å²) in [5.74, 6) is -2.71. The number of aryl methyl sites for hydroxylation is 2. The Hall–Kier alpha value is -4.45. The van der Waals surface area contributed by atoms with Gasteiger partial charge in [0.2, 0.25) is 0 Å². The van der Waals surface area contributed by atoms with E-state index in [1.54, 1.807) is 6.07 Å². The minimum atomic E-state index is -1.22. The van der Waals surface area contributed by atoms with Crippen molar-refractivity contribution in [3.8, 4) is 0 Å². The van der Waals surface area contributed by atoms with E-state index in [9.17, 15) is 19.8 Å². The number of rotatable bonds is 11. The minimum absolute atomic E-state index is 0. The van der Waals surface area contributed by atoms with E-state index in [-0.39, 0.29) is 40.3 Å². The largest absolute Gasteiger partial charge is 2.00 e. The van der Waals surface area contributed by atoms with Gasteiger partial charge in [-0.15, -0.1) is 0 Å². The average molecular weight is 963 g/mol. The van der Waals surface area contributed by atoms with Gasteiger partial charge < -0.3 is 25.8 Å². The molecule has 1 unspecified atom stereocenters. The van der Waals surface area contributed by atoms with Gasteiger partial charge in [0, 0.05) is 44.5 Å². The molecule has 12 heteroatoms. The Morgan fingerprint density at radius 3 is 1.98 bits per heavy atom. The number of hydrogen-bond acceptors (Lipinski definition) is 8. The van der Waals surface area contributed by atoms with E-state index in [4.69, 9.17) is 15.8 Å². The summed E-state index contributed by atoms with van der Waals surface area (Å²) in [5, 5.41) is 35.3. The van der Waals surface area contributed by atoms with Crippen LogP contribution in [0, 0.1) is 0 Å².